The fourth-order valence-electron chi connectivity index (χ4n) is 9.72. The van der Waals surface area contributed by atoms with E-state index in [2.05, 4.69) is 31.1 Å². The molecule has 2 aromatic carbocycles. The van der Waals surface area contributed by atoms with E-state index in [1.807, 2.05) is 36.4 Å². The van der Waals surface area contributed by atoms with E-state index in [1.54, 1.807) is 17.3 Å². The number of H-pyrrole nitrogens is 1. The summed E-state index contributed by atoms with van der Waals surface area (Å²) in [6.07, 6.45) is 4.68. The molecular formula is C42H48F3N9O3. The third-order valence-corrected chi connectivity index (χ3v) is 12.7. The number of aromatic amines is 1. The minimum absolute atomic E-state index is 0.147. The molecule has 3 amide bonds. The summed E-state index contributed by atoms with van der Waals surface area (Å²) in [5.41, 5.74) is 6.12. The van der Waals surface area contributed by atoms with Crippen LogP contribution in [-0.2, 0) is 22.6 Å². The van der Waals surface area contributed by atoms with Crippen LogP contribution < -0.4 is 15.1 Å². The lowest BCUT2D eigenvalue weighted by atomic mass is 9.92. The van der Waals surface area contributed by atoms with Crippen molar-refractivity contribution in [3.63, 3.8) is 0 Å². The zero-order chi connectivity index (χ0) is 39.3. The molecule has 0 spiro atoms. The number of rotatable bonds is 9. The molecule has 0 radical (unpaired) electrons. The first-order chi connectivity index (χ1) is 27.6. The van der Waals surface area contributed by atoms with E-state index >= 15 is 0 Å². The Balaban J connectivity index is 0.737. The van der Waals surface area contributed by atoms with Crippen molar-refractivity contribution in [2.45, 2.75) is 69.8 Å². The Hall–Kier alpha value is -5.02. The molecule has 0 saturated carbocycles. The van der Waals surface area contributed by atoms with Gasteiger partial charge in [0, 0.05) is 105 Å². The molecule has 3 fully saturated rings. The van der Waals surface area contributed by atoms with Crippen LogP contribution >= 0.6 is 0 Å². The zero-order valence-corrected chi connectivity index (χ0v) is 31.9. The third kappa shape index (κ3) is 7.71. The molecule has 7 heterocycles. The first-order valence-electron chi connectivity index (χ1n) is 20.3. The van der Waals surface area contributed by atoms with E-state index < -0.39 is 30.7 Å². The molecule has 3 saturated heterocycles. The number of alkyl halides is 3. The van der Waals surface area contributed by atoms with Gasteiger partial charge in [-0.25, -0.2) is 9.97 Å². The van der Waals surface area contributed by atoms with Crippen LogP contribution in [0.1, 0.15) is 77.3 Å². The molecule has 1 unspecified atom stereocenters. The maximum absolute atomic E-state index is 13.7. The average Bonchev–Trinajstić information content (AvgIpc) is 3.74. The van der Waals surface area contributed by atoms with Gasteiger partial charge in [0.05, 0.1) is 12.6 Å². The number of carbonyl (C=O) groups excluding carboxylic acids is 3. The van der Waals surface area contributed by atoms with Crippen molar-refractivity contribution in [2.24, 2.45) is 5.92 Å². The summed E-state index contributed by atoms with van der Waals surface area (Å²) >= 11 is 0. The Kier molecular flexibility index (Phi) is 10.1. The first-order valence-corrected chi connectivity index (χ1v) is 20.3. The van der Waals surface area contributed by atoms with Gasteiger partial charge in [-0.05, 0) is 86.4 Å². The van der Waals surface area contributed by atoms with E-state index in [9.17, 15) is 27.6 Å². The van der Waals surface area contributed by atoms with E-state index in [1.165, 1.54) is 11.3 Å². The number of hydrogen-bond acceptors (Lipinski definition) is 9. The molecule has 0 bridgehead atoms. The topological polar surface area (TPSA) is 121 Å². The van der Waals surface area contributed by atoms with Crippen LogP contribution in [0.4, 0.5) is 24.8 Å². The van der Waals surface area contributed by atoms with Crippen LogP contribution in [0.25, 0.3) is 10.9 Å². The van der Waals surface area contributed by atoms with Gasteiger partial charge in [0.1, 0.15) is 6.04 Å². The van der Waals surface area contributed by atoms with Crippen LogP contribution in [0, 0.1) is 5.92 Å². The minimum Gasteiger partial charge on any atom is -0.369 e. The average molecular weight is 784 g/mol. The fraction of sp³-hybridized carbons (Fsp3) is 0.500. The lowest BCUT2D eigenvalue weighted by Gasteiger charge is -2.37. The SMILES string of the molecule is O=C1CCC(N2Cc3cc(N4CCN(CCCC5CCN(c6ncc([C@@H]7c8[nH]c9ccccc9c8CCN7CC(F)(F)F)cn6)CC5)CC4)ccc3C2=O)C(=O)N1. The third-order valence-electron chi connectivity index (χ3n) is 12.7. The number of carbonyl (C=O) groups is 3. The van der Waals surface area contributed by atoms with Gasteiger partial charge in [-0.3, -0.25) is 29.5 Å². The molecule has 2 N–H and O–H groups in total. The number of anilines is 2. The molecule has 12 nitrogen and oxygen atoms in total. The van der Waals surface area contributed by atoms with Crippen LogP contribution in [0.2, 0.25) is 0 Å². The van der Waals surface area contributed by atoms with Crippen LogP contribution in [0.15, 0.2) is 54.9 Å². The van der Waals surface area contributed by atoms with Gasteiger partial charge in [0.15, 0.2) is 0 Å². The number of fused-ring (bicyclic) bond motifs is 4. The van der Waals surface area contributed by atoms with Gasteiger partial charge in [-0.1, -0.05) is 18.2 Å². The zero-order valence-electron chi connectivity index (χ0n) is 31.9. The molecule has 2 atom stereocenters. The Morgan fingerprint density at radius 1 is 0.842 bits per heavy atom. The smallest absolute Gasteiger partial charge is 0.369 e. The highest BCUT2D eigenvalue weighted by atomic mass is 19.4. The number of piperazine rings is 1. The summed E-state index contributed by atoms with van der Waals surface area (Å²) in [6, 6.07) is 12.7. The molecular weight excluding hydrogens is 736 g/mol. The number of para-hydroxylation sites is 1. The van der Waals surface area contributed by atoms with Gasteiger partial charge in [0.2, 0.25) is 17.8 Å². The predicted molar refractivity (Wildman–Crippen MR) is 209 cm³/mol. The Morgan fingerprint density at radius 2 is 1.61 bits per heavy atom. The van der Waals surface area contributed by atoms with Crippen molar-refractivity contribution in [2.75, 3.05) is 68.7 Å². The maximum Gasteiger partial charge on any atom is 0.401 e. The second-order valence-electron chi connectivity index (χ2n) is 16.3. The lowest BCUT2D eigenvalue weighted by molar-refractivity contribution is -0.150. The van der Waals surface area contributed by atoms with Crippen LogP contribution in [0.5, 0.6) is 0 Å². The highest BCUT2D eigenvalue weighted by molar-refractivity contribution is 6.05. The van der Waals surface area contributed by atoms with Crippen LogP contribution in [-0.4, -0.2) is 118 Å². The van der Waals surface area contributed by atoms with Gasteiger partial charge < -0.3 is 19.7 Å². The standard InChI is InChI=1S/C42H48F3N9O3/c43-42(44,45)26-53-17-13-33-32-5-1-2-6-34(32)48-37(33)38(53)29-23-46-41(47-24-29)52-15-11-27(12-16-52)4-3-14-50-18-20-51(21-19-50)30-7-8-31-28(22-30)25-54(40(31)57)35-9-10-36(55)49-39(35)56/h1-2,5-8,22-24,27,35,38,48H,3-4,9-21,25-26H2,(H,49,55,56)/t35?,38-/m1/s1. The van der Waals surface area contributed by atoms with E-state index in [0.29, 0.717) is 48.9 Å². The van der Waals surface area contributed by atoms with Crippen molar-refractivity contribution >= 4 is 40.3 Å². The minimum atomic E-state index is -4.32. The Morgan fingerprint density at radius 3 is 2.37 bits per heavy atom. The molecule has 2 aromatic heterocycles. The van der Waals surface area contributed by atoms with Crippen molar-refractivity contribution in [1.82, 2.24) is 35.0 Å². The van der Waals surface area contributed by atoms with Gasteiger partial charge >= 0.3 is 6.18 Å². The van der Waals surface area contributed by atoms with Crippen molar-refractivity contribution in [3.8, 4) is 0 Å². The highest BCUT2D eigenvalue weighted by Gasteiger charge is 2.41. The van der Waals surface area contributed by atoms with Crippen molar-refractivity contribution < 1.29 is 27.6 Å². The number of hydrogen-bond donors (Lipinski definition) is 2. The second kappa shape index (κ2) is 15.4. The first kappa shape index (κ1) is 37.6. The number of benzene rings is 2. The quantitative estimate of drug-likeness (QED) is 0.225. The predicted octanol–water partition coefficient (Wildman–Crippen LogP) is 5.05. The van der Waals surface area contributed by atoms with Gasteiger partial charge in [0.25, 0.3) is 5.91 Å². The van der Waals surface area contributed by atoms with E-state index in [4.69, 9.17) is 9.97 Å². The summed E-state index contributed by atoms with van der Waals surface area (Å²) in [6.45, 7) is 6.23. The summed E-state index contributed by atoms with van der Waals surface area (Å²) < 4.78 is 41.1. The van der Waals surface area contributed by atoms with Gasteiger partial charge in [-0.15, -0.1) is 0 Å². The maximum atomic E-state index is 13.7. The number of aromatic nitrogens is 3. The normalized spacial score (nSPS) is 22.6. The molecule has 57 heavy (non-hydrogen) atoms. The summed E-state index contributed by atoms with van der Waals surface area (Å²) in [5, 5.41) is 3.42. The summed E-state index contributed by atoms with van der Waals surface area (Å²) in [5.74, 6) is 0.440. The summed E-state index contributed by atoms with van der Waals surface area (Å²) in [4.78, 5) is 60.2. The number of amides is 3. The Bertz CT molecular complexity index is 2140. The monoisotopic (exact) mass is 783 g/mol. The highest BCUT2D eigenvalue weighted by Crippen LogP contribution is 2.40. The fourth-order valence-corrected chi connectivity index (χ4v) is 9.72. The van der Waals surface area contributed by atoms with E-state index in [-0.39, 0.29) is 18.2 Å². The number of halogens is 3. The number of piperidine rings is 2. The number of imide groups is 1. The molecule has 300 valence electrons. The Labute approximate surface area is 329 Å². The largest absolute Gasteiger partial charge is 0.401 e. The second-order valence-corrected chi connectivity index (χ2v) is 16.3. The molecule has 5 aliphatic rings. The van der Waals surface area contributed by atoms with Crippen molar-refractivity contribution in [3.05, 3.63) is 82.8 Å². The lowest BCUT2D eigenvalue weighted by Crippen LogP contribution is -2.52. The summed E-state index contributed by atoms with van der Waals surface area (Å²) in [7, 11) is 0. The molecule has 0 aliphatic carbocycles. The number of nitrogens with zero attached hydrogens (tertiary/aromatic N) is 7. The molecule has 15 heteroatoms. The molecule has 4 aromatic rings. The number of nitrogens with one attached hydrogen (secondary N) is 2. The van der Waals surface area contributed by atoms with Gasteiger partial charge in [-0.2, -0.15) is 13.2 Å². The molecule has 9 rings (SSSR count). The van der Waals surface area contributed by atoms with Crippen molar-refractivity contribution in [1.29, 1.82) is 0 Å². The van der Waals surface area contributed by atoms with Crippen LogP contribution in [0.3, 0.4) is 0 Å². The molecule has 5 aliphatic heterocycles. The van der Waals surface area contributed by atoms with E-state index in [0.717, 1.165) is 98.5 Å².